The second-order valence-electron chi connectivity index (χ2n) is 5.51. The molecule has 136 valence electrons. The maximum absolute atomic E-state index is 12.7. The van der Waals surface area contributed by atoms with Crippen molar-refractivity contribution >= 4 is 11.6 Å². The third-order valence-electron chi connectivity index (χ3n) is 3.67. The van der Waals surface area contributed by atoms with Gasteiger partial charge in [-0.25, -0.2) is 18.9 Å². The highest BCUT2D eigenvalue weighted by Crippen LogP contribution is 2.30. The first kappa shape index (κ1) is 17.6. The lowest BCUT2D eigenvalue weighted by molar-refractivity contribution is -0.141. The molecule has 0 amide bonds. The van der Waals surface area contributed by atoms with E-state index in [1.54, 1.807) is 6.92 Å². The van der Waals surface area contributed by atoms with Crippen molar-refractivity contribution in [2.24, 2.45) is 0 Å². The van der Waals surface area contributed by atoms with Gasteiger partial charge in [-0.05, 0) is 19.1 Å². The van der Waals surface area contributed by atoms with Crippen molar-refractivity contribution in [3.63, 3.8) is 0 Å². The van der Waals surface area contributed by atoms with Gasteiger partial charge in [0.2, 0.25) is 0 Å². The van der Waals surface area contributed by atoms with Crippen LogP contribution in [0, 0.1) is 6.92 Å². The minimum absolute atomic E-state index is 0.134. The molecule has 10 heteroatoms. The molecule has 0 atom stereocenters. The standard InChI is InChI=1S/C16H13F3N4O3/c1-9-7-12-21-22(8-13(24)26-2)15(25)23(12)14(20-9)10-3-5-11(6-4-10)16(17,18)19/h3-7H,8H2,1-2H3. The van der Waals surface area contributed by atoms with E-state index < -0.39 is 23.4 Å². The van der Waals surface area contributed by atoms with Gasteiger partial charge in [-0.2, -0.15) is 13.2 Å². The normalized spacial score (nSPS) is 11.7. The number of fused-ring (bicyclic) bond motifs is 1. The lowest BCUT2D eigenvalue weighted by Gasteiger charge is -2.08. The minimum atomic E-state index is -4.46. The van der Waals surface area contributed by atoms with E-state index in [4.69, 9.17) is 0 Å². The van der Waals surface area contributed by atoms with E-state index in [1.807, 2.05) is 0 Å². The Morgan fingerprint density at radius 1 is 1.23 bits per heavy atom. The topological polar surface area (TPSA) is 78.5 Å². The van der Waals surface area contributed by atoms with E-state index in [9.17, 15) is 22.8 Å². The number of carbonyl (C=O) groups excluding carboxylic acids is 1. The predicted molar refractivity (Wildman–Crippen MR) is 84.4 cm³/mol. The van der Waals surface area contributed by atoms with Crippen LogP contribution in [0.15, 0.2) is 35.1 Å². The van der Waals surface area contributed by atoms with Crippen molar-refractivity contribution in [1.82, 2.24) is 19.2 Å². The lowest BCUT2D eigenvalue weighted by atomic mass is 10.1. The molecule has 0 N–H and O–H groups in total. The fourth-order valence-corrected chi connectivity index (χ4v) is 2.45. The van der Waals surface area contributed by atoms with Crippen LogP contribution in [0.4, 0.5) is 13.2 Å². The zero-order valence-corrected chi connectivity index (χ0v) is 13.7. The van der Waals surface area contributed by atoms with Crippen LogP contribution in [0.5, 0.6) is 0 Å². The smallest absolute Gasteiger partial charge is 0.416 e. The maximum atomic E-state index is 12.7. The van der Waals surface area contributed by atoms with Crippen molar-refractivity contribution in [2.45, 2.75) is 19.6 Å². The number of hydrogen-bond acceptors (Lipinski definition) is 5. The quantitative estimate of drug-likeness (QED) is 0.663. The molecule has 0 aliphatic carbocycles. The summed E-state index contributed by atoms with van der Waals surface area (Å²) in [7, 11) is 1.18. The van der Waals surface area contributed by atoms with Crippen molar-refractivity contribution in [2.75, 3.05) is 7.11 Å². The van der Waals surface area contributed by atoms with Crippen LogP contribution in [-0.4, -0.2) is 32.2 Å². The Morgan fingerprint density at radius 3 is 2.46 bits per heavy atom. The summed E-state index contributed by atoms with van der Waals surface area (Å²) in [4.78, 5) is 28.2. The molecule has 0 unspecified atom stereocenters. The summed E-state index contributed by atoms with van der Waals surface area (Å²) in [5.74, 6) is -0.522. The molecular formula is C16H13F3N4O3. The van der Waals surface area contributed by atoms with Gasteiger partial charge in [0.05, 0.1) is 12.7 Å². The molecule has 26 heavy (non-hydrogen) atoms. The summed E-state index contributed by atoms with van der Waals surface area (Å²) in [6.07, 6.45) is -4.46. The van der Waals surface area contributed by atoms with Crippen molar-refractivity contribution < 1.29 is 22.7 Å². The van der Waals surface area contributed by atoms with Crippen LogP contribution >= 0.6 is 0 Å². The van der Waals surface area contributed by atoms with Gasteiger partial charge in [0.25, 0.3) is 0 Å². The molecule has 0 spiro atoms. The van der Waals surface area contributed by atoms with Gasteiger partial charge in [-0.15, -0.1) is 5.10 Å². The number of hydrogen-bond donors (Lipinski definition) is 0. The van der Waals surface area contributed by atoms with Gasteiger partial charge >= 0.3 is 17.8 Å². The number of benzene rings is 1. The van der Waals surface area contributed by atoms with Gasteiger partial charge < -0.3 is 4.74 Å². The number of aromatic nitrogens is 4. The number of ether oxygens (including phenoxy) is 1. The van der Waals surface area contributed by atoms with Gasteiger partial charge in [-0.3, -0.25) is 4.79 Å². The molecule has 3 aromatic rings. The van der Waals surface area contributed by atoms with Crippen molar-refractivity contribution in [3.8, 4) is 11.4 Å². The number of rotatable bonds is 3. The lowest BCUT2D eigenvalue weighted by Crippen LogP contribution is -2.26. The Bertz CT molecular complexity index is 1040. The molecule has 7 nitrogen and oxygen atoms in total. The van der Waals surface area contributed by atoms with Crippen LogP contribution in [0.1, 0.15) is 11.3 Å². The maximum Gasteiger partial charge on any atom is 0.416 e. The SMILES string of the molecule is COC(=O)Cn1nc2cc(C)nc(-c3ccc(C(F)(F)F)cc3)n2c1=O. The van der Waals surface area contributed by atoms with E-state index in [0.717, 1.165) is 21.2 Å². The molecule has 0 saturated heterocycles. The second-order valence-corrected chi connectivity index (χ2v) is 5.51. The number of carbonyl (C=O) groups is 1. The largest absolute Gasteiger partial charge is 0.468 e. The van der Waals surface area contributed by atoms with E-state index in [0.29, 0.717) is 11.3 Å². The van der Waals surface area contributed by atoms with Crippen LogP contribution in [0.3, 0.4) is 0 Å². The second kappa shape index (κ2) is 6.28. The Morgan fingerprint density at radius 2 is 1.88 bits per heavy atom. The number of alkyl halides is 3. The summed E-state index contributed by atoms with van der Waals surface area (Å²) in [5.41, 5.74) is -0.401. The van der Waals surface area contributed by atoms with Crippen molar-refractivity contribution in [1.29, 1.82) is 0 Å². The fraction of sp³-hybridized carbons (Fsp3) is 0.250. The number of esters is 1. The zero-order chi connectivity index (χ0) is 19.1. The summed E-state index contributed by atoms with van der Waals surface area (Å²) in [5, 5.41) is 4.05. The summed E-state index contributed by atoms with van der Waals surface area (Å²) >= 11 is 0. The summed E-state index contributed by atoms with van der Waals surface area (Å²) < 4.78 is 44.8. The molecule has 0 aliphatic rings. The number of aryl methyl sites for hydroxylation is 1. The zero-order valence-electron chi connectivity index (χ0n) is 13.7. The fourth-order valence-electron chi connectivity index (χ4n) is 2.45. The molecule has 2 heterocycles. The molecule has 2 aromatic heterocycles. The van der Waals surface area contributed by atoms with E-state index >= 15 is 0 Å². The molecule has 0 saturated carbocycles. The van der Waals surface area contributed by atoms with Gasteiger partial charge in [0, 0.05) is 17.3 Å². The molecule has 0 radical (unpaired) electrons. The highest BCUT2D eigenvalue weighted by molar-refractivity contribution is 5.69. The Balaban J connectivity index is 2.16. The molecule has 0 fully saturated rings. The number of methoxy groups -OCH3 is 1. The van der Waals surface area contributed by atoms with Gasteiger partial charge in [-0.1, -0.05) is 12.1 Å². The predicted octanol–water partition coefficient (Wildman–Crippen LogP) is 2.06. The van der Waals surface area contributed by atoms with E-state index in [-0.39, 0.29) is 18.0 Å². The highest BCUT2D eigenvalue weighted by atomic mass is 19.4. The average Bonchev–Trinajstić information content (AvgIpc) is 2.89. The Labute approximate surface area is 144 Å². The summed E-state index contributed by atoms with van der Waals surface area (Å²) in [6.45, 7) is 1.28. The van der Waals surface area contributed by atoms with E-state index in [2.05, 4.69) is 14.8 Å². The number of halogens is 3. The first-order valence-electron chi connectivity index (χ1n) is 7.42. The first-order valence-corrected chi connectivity index (χ1v) is 7.42. The Hall–Kier alpha value is -3.17. The Kier molecular flexibility index (Phi) is 4.26. The minimum Gasteiger partial charge on any atom is -0.468 e. The monoisotopic (exact) mass is 366 g/mol. The van der Waals surface area contributed by atoms with Crippen molar-refractivity contribution in [3.05, 3.63) is 52.1 Å². The third kappa shape index (κ3) is 3.17. The van der Waals surface area contributed by atoms with Gasteiger partial charge in [0.1, 0.15) is 12.4 Å². The van der Waals surface area contributed by atoms with E-state index in [1.165, 1.54) is 25.3 Å². The van der Waals surface area contributed by atoms with Gasteiger partial charge in [0.15, 0.2) is 5.65 Å². The first-order chi connectivity index (χ1) is 12.2. The average molecular weight is 366 g/mol. The molecule has 0 aliphatic heterocycles. The summed E-state index contributed by atoms with van der Waals surface area (Å²) in [6, 6.07) is 5.81. The molecule has 0 bridgehead atoms. The third-order valence-corrected chi connectivity index (χ3v) is 3.67. The number of nitrogens with zero attached hydrogens (tertiary/aromatic N) is 4. The molecule has 3 rings (SSSR count). The van der Waals surface area contributed by atoms with Crippen LogP contribution in [-0.2, 0) is 22.3 Å². The highest BCUT2D eigenvalue weighted by Gasteiger charge is 2.30. The van der Waals surface area contributed by atoms with Crippen LogP contribution in [0.2, 0.25) is 0 Å². The molecule has 1 aromatic carbocycles. The van der Waals surface area contributed by atoms with Crippen LogP contribution in [0.25, 0.3) is 17.0 Å². The van der Waals surface area contributed by atoms with Crippen LogP contribution < -0.4 is 5.69 Å². The molecular weight excluding hydrogens is 353 g/mol.